The Morgan fingerprint density at radius 1 is 1.36 bits per heavy atom. The number of anilines is 1. The van der Waals surface area contributed by atoms with Crippen LogP contribution in [-0.2, 0) is 0 Å². The van der Waals surface area contributed by atoms with Gasteiger partial charge in [0.05, 0.1) is 17.3 Å². The van der Waals surface area contributed by atoms with E-state index in [0.717, 1.165) is 11.5 Å². The molecule has 1 aliphatic heterocycles. The Bertz CT molecular complexity index is 759. The van der Waals surface area contributed by atoms with Crippen LogP contribution in [0.15, 0.2) is 42.1 Å². The number of allylic oxidation sites excluding steroid dienone is 1. The third-order valence-electron chi connectivity index (χ3n) is 3.86. The fraction of sp³-hybridized carbons (Fsp3) is 0.294. The van der Waals surface area contributed by atoms with Crippen LogP contribution in [0.1, 0.15) is 35.9 Å². The number of rotatable bonds is 3. The maximum Gasteiger partial charge on any atom is 0.196 e. The Morgan fingerprint density at radius 2 is 2.09 bits per heavy atom. The highest BCUT2D eigenvalue weighted by molar-refractivity contribution is 6.11. The van der Waals surface area contributed by atoms with Crippen molar-refractivity contribution in [1.82, 2.24) is 9.78 Å². The minimum Gasteiger partial charge on any atom is -0.507 e. The summed E-state index contributed by atoms with van der Waals surface area (Å²) in [5.41, 5.74) is 1.82. The van der Waals surface area contributed by atoms with E-state index in [-0.39, 0.29) is 23.5 Å². The van der Waals surface area contributed by atoms with Crippen LogP contribution in [0.3, 0.4) is 0 Å². The number of aromatic nitrogens is 2. The Hall–Kier alpha value is -2.56. The molecule has 0 radical (unpaired) electrons. The minimum atomic E-state index is -0.178. The minimum absolute atomic E-state index is 0.00153. The number of ketones is 1. The molecule has 1 aromatic carbocycles. The largest absolute Gasteiger partial charge is 0.507 e. The molecule has 22 heavy (non-hydrogen) atoms. The summed E-state index contributed by atoms with van der Waals surface area (Å²) in [5, 5.41) is 17.6. The van der Waals surface area contributed by atoms with Gasteiger partial charge in [0.2, 0.25) is 0 Å². The van der Waals surface area contributed by atoms with E-state index in [4.69, 9.17) is 0 Å². The third-order valence-corrected chi connectivity index (χ3v) is 3.86. The molecular weight excluding hydrogens is 278 g/mol. The SMILES string of the molecule is Cc1cc2n(n1)C(C(C)C)C(C(=O)c1ccccc1O)=CN2. The van der Waals surface area contributed by atoms with Crippen LogP contribution in [-0.4, -0.2) is 20.7 Å². The first-order valence-corrected chi connectivity index (χ1v) is 7.34. The summed E-state index contributed by atoms with van der Waals surface area (Å²) in [7, 11) is 0. The van der Waals surface area contributed by atoms with Gasteiger partial charge in [-0.2, -0.15) is 5.10 Å². The van der Waals surface area contributed by atoms with Crippen LogP contribution >= 0.6 is 0 Å². The van der Waals surface area contributed by atoms with E-state index >= 15 is 0 Å². The molecular formula is C17H19N3O2. The molecule has 3 rings (SSSR count). The number of nitrogens with one attached hydrogen (secondary N) is 1. The van der Waals surface area contributed by atoms with E-state index < -0.39 is 0 Å². The molecule has 0 saturated heterocycles. The second kappa shape index (κ2) is 5.33. The topological polar surface area (TPSA) is 67.2 Å². The number of para-hydroxylation sites is 1. The molecule has 0 aliphatic carbocycles. The van der Waals surface area contributed by atoms with E-state index in [1.54, 1.807) is 24.4 Å². The van der Waals surface area contributed by atoms with E-state index in [1.165, 1.54) is 6.07 Å². The molecule has 2 aromatic rings. The van der Waals surface area contributed by atoms with Gasteiger partial charge in [-0.1, -0.05) is 26.0 Å². The van der Waals surface area contributed by atoms with Crippen LogP contribution in [0, 0.1) is 12.8 Å². The molecule has 114 valence electrons. The molecule has 2 N–H and O–H groups in total. The van der Waals surface area contributed by atoms with Gasteiger partial charge in [-0.05, 0) is 25.0 Å². The highest BCUT2D eigenvalue weighted by atomic mass is 16.3. The quantitative estimate of drug-likeness (QED) is 0.853. The predicted molar refractivity (Wildman–Crippen MR) is 85.0 cm³/mol. The van der Waals surface area contributed by atoms with Gasteiger partial charge in [0.1, 0.15) is 11.6 Å². The highest BCUT2D eigenvalue weighted by Crippen LogP contribution is 2.35. The van der Waals surface area contributed by atoms with Gasteiger partial charge in [-0.25, -0.2) is 4.68 Å². The first-order valence-electron chi connectivity index (χ1n) is 7.34. The lowest BCUT2D eigenvalue weighted by Gasteiger charge is -2.29. The zero-order chi connectivity index (χ0) is 15.9. The monoisotopic (exact) mass is 297 g/mol. The molecule has 0 saturated carbocycles. The highest BCUT2D eigenvalue weighted by Gasteiger charge is 2.32. The van der Waals surface area contributed by atoms with Crippen molar-refractivity contribution in [2.45, 2.75) is 26.8 Å². The standard InChI is InChI=1S/C17H19N3O2/c1-10(2)16-13(9-18-15-8-11(3)19-20(15)16)17(22)12-6-4-5-7-14(12)21/h4-10,16,18,21H,1-3H3. The molecule has 5 heteroatoms. The fourth-order valence-electron chi connectivity index (χ4n) is 2.87. The zero-order valence-corrected chi connectivity index (χ0v) is 12.9. The number of carbonyl (C=O) groups is 1. The molecule has 2 heterocycles. The van der Waals surface area contributed by atoms with E-state index in [0.29, 0.717) is 11.1 Å². The zero-order valence-electron chi connectivity index (χ0n) is 12.9. The van der Waals surface area contributed by atoms with Crippen molar-refractivity contribution in [1.29, 1.82) is 0 Å². The van der Waals surface area contributed by atoms with E-state index in [1.807, 2.05) is 17.7 Å². The summed E-state index contributed by atoms with van der Waals surface area (Å²) >= 11 is 0. The van der Waals surface area contributed by atoms with Crippen LogP contribution in [0.2, 0.25) is 0 Å². The van der Waals surface area contributed by atoms with Gasteiger partial charge in [0.25, 0.3) is 0 Å². The van der Waals surface area contributed by atoms with Crippen molar-refractivity contribution in [2.24, 2.45) is 5.92 Å². The summed E-state index contributed by atoms with van der Waals surface area (Å²) in [4.78, 5) is 12.8. The van der Waals surface area contributed by atoms with Crippen LogP contribution in [0.25, 0.3) is 0 Å². The average Bonchev–Trinajstić information content (AvgIpc) is 2.85. The molecule has 0 bridgehead atoms. The van der Waals surface area contributed by atoms with E-state index in [9.17, 15) is 9.90 Å². The lowest BCUT2D eigenvalue weighted by Crippen LogP contribution is -2.28. The van der Waals surface area contributed by atoms with Gasteiger partial charge in [-0.3, -0.25) is 4.79 Å². The lowest BCUT2D eigenvalue weighted by atomic mass is 9.89. The molecule has 0 amide bonds. The predicted octanol–water partition coefficient (Wildman–Crippen LogP) is 3.29. The third kappa shape index (κ3) is 2.28. The number of nitrogens with zero attached hydrogens (tertiary/aromatic N) is 2. The molecule has 1 aliphatic rings. The van der Waals surface area contributed by atoms with Gasteiger partial charge in [-0.15, -0.1) is 0 Å². The molecule has 1 atom stereocenters. The van der Waals surface area contributed by atoms with Gasteiger partial charge in [0, 0.05) is 17.8 Å². The lowest BCUT2D eigenvalue weighted by molar-refractivity contribution is 0.101. The van der Waals surface area contributed by atoms with Crippen molar-refractivity contribution < 1.29 is 9.90 Å². The molecule has 1 aromatic heterocycles. The van der Waals surface area contributed by atoms with Crippen molar-refractivity contribution in [3.8, 4) is 5.75 Å². The Kier molecular flexibility index (Phi) is 3.48. The maximum atomic E-state index is 12.8. The van der Waals surface area contributed by atoms with Crippen molar-refractivity contribution in [2.75, 3.05) is 5.32 Å². The number of carbonyl (C=O) groups excluding carboxylic acids is 1. The fourth-order valence-corrected chi connectivity index (χ4v) is 2.87. The molecule has 5 nitrogen and oxygen atoms in total. The number of fused-ring (bicyclic) bond motifs is 1. The van der Waals surface area contributed by atoms with Crippen LogP contribution in [0.5, 0.6) is 5.75 Å². The number of phenolic OH excluding ortho intramolecular Hbond substituents is 1. The number of Topliss-reactive ketones (excluding diaryl/α,β-unsaturated/α-hetero) is 1. The molecule has 1 unspecified atom stereocenters. The Labute approximate surface area is 129 Å². The molecule has 0 spiro atoms. The maximum absolute atomic E-state index is 12.8. The second-order valence-electron chi connectivity index (χ2n) is 5.89. The van der Waals surface area contributed by atoms with Crippen molar-refractivity contribution in [3.05, 3.63) is 53.4 Å². The first kappa shape index (κ1) is 14.4. The number of hydrogen-bond donors (Lipinski definition) is 2. The summed E-state index contributed by atoms with van der Waals surface area (Å²) in [6.45, 7) is 6.04. The Morgan fingerprint density at radius 3 is 2.77 bits per heavy atom. The molecule has 0 fully saturated rings. The van der Waals surface area contributed by atoms with E-state index in [2.05, 4.69) is 24.3 Å². The number of phenols is 1. The van der Waals surface area contributed by atoms with Gasteiger partial charge < -0.3 is 10.4 Å². The summed E-state index contributed by atoms with van der Waals surface area (Å²) in [6.07, 6.45) is 1.73. The van der Waals surface area contributed by atoms with Crippen molar-refractivity contribution in [3.63, 3.8) is 0 Å². The Balaban J connectivity index is 2.05. The number of benzene rings is 1. The summed E-state index contributed by atoms with van der Waals surface area (Å²) in [5.74, 6) is 0.896. The van der Waals surface area contributed by atoms with Crippen LogP contribution < -0.4 is 5.32 Å². The summed E-state index contributed by atoms with van der Waals surface area (Å²) in [6, 6.07) is 8.41. The normalized spacial score (nSPS) is 16.9. The average molecular weight is 297 g/mol. The van der Waals surface area contributed by atoms with Crippen molar-refractivity contribution >= 4 is 11.6 Å². The number of aryl methyl sites for hydroxylation is 1. The summed E-state index contributed by atoms with van der Waals surface area (Å²) < 4.78 is 1.85. The number of aromatic hydroxyl groups is 1. The first-order chi connectivity index (χ1) is 10.5. The van der Waals surface area contributed by atoms with Gasteiger partial charge in [0.15, 0.2) is 5.78 Å². The smallest absolute Gasteiger partial charge is 0.196 e. The second-order valence-corrected chi connectivity index (χ2v) is 5.89. The van der Waals surface area contributed by atoms with Crippen LogP contribution in [0.4, 0.5) is 5.82 Å². The van der Waals surface area contributed by atoms with Gasteiger partial charge >= 0.3 is 0 Å². The number of hydrogen-bond acceptors (Lipinski definition) is 4.